The number of nitrogens with zero attached hydrogens (tertiary/aromatic N) is 1. The molecule has 7 heteroatoms. The van der Waals surface area contributed by atoms with Crippen LogP contribution in [0, 0.1) is 0 Å². The first-order chi connectivity index (χ1) is 8.95. The van der Waals surface area contributed by atoms with Gasteiger partial charge in [0.05, 0.1) is 17.6 Å². The third-order valence-electron chi connectivity index (χ3n) is 2.35. The second kappa shape index (κ2) is 7.18. The van der Waals surface area contributed by atoms with Gasteiger partial charge in [-0.15, -0.1) is 0 Å². The van der Waals surface area contributed by atoms with Crippen molar-refractivity contribution in [2.45, 2.75) is 25.9 Å². The Labute approximate surface area is 110 Å². The molecular weight excluding hydrogens is 259 g/mol. The number of pyridine rings is 1. The second-order valence-corrected chi connectivity index (χ2v) is 4.05. The van der Waals surface area contributed by atoms with Crippen LogP contribution in [0.3, 0.4) is 0 Å². The summed E-state index contributed by atoms with van der Waals surface area (Å²) in [5, 5.41) is 2.86. The average molecular weight is 277 g/mol. The van der Waals surface area contributed by atoms with Gasteiger partial charge >= 0.3 is 6.18 Å². The molecule has 1 aromatic heterocycles. The Hall–Kier alpha value is -1.50. The minimum Gasteiger partial charge on any atom is -0.396 e. The lowest BCUT2D eigenvalue weighted by atomic mass is 10.2. The van der Waals surface area contributed by atoms with Gasteiger partial charge in [-0.05, 0) is 18.9 Å². The zero-order valence-corrected chi connectivity index (χ0v) is 10.8. The van der Waals surface area contributed by atoms with Crippen molar-refractivity contribution in [1.82, 2.24) is 4.98 Å². The first kappa shape index (κ1) is 15.6. The fourth-order valence-corrected chi connectivity index (χ4v) is 1.42. The van der Waals surface area contributed by atoms with E-state index >= 15 is 0 Å². The molecule has 3 N–H and O–H groups in total. The number of aromatic nitrogens is 1. The number of nitrogens with one attached hydrogen (secondary N) is 1. The van der Waals surface area contributed by atoms with Crippen LogP contribution < -0.4 is 11.1 Å². The molecule has 0 aliphatic heterocycles. The number of alkyl halides is 3. The van der Waals surface area contributed by atoms with Gasteiger partial charge < -0.3 is 15.8 Å². The number of rotatable bonds is 7. The van der Waals surface area contributed by atoms with Crippen LogP contribution in [0.5, 0.6) is 0 Å². The Bertz CT molecular complexity index is 396. The fraction of sp³-hybridized carbons (Fsp3) is 0.583. The molecule has 0 amide bonds. The van der Waals surface area contributed by atoms with Gasteiger partial charge in [0.15, 0.2) is 0 Å². The normalized spacial score (nSPS) is 11.6. The lowest BCUT2D eigenvalue weighted by Crippen LogP contribution is -2.12. The Morgan fingerprint density at radius 3 is 2.74 bits per heavy atom. The Kier molecular flexibility index (Phi) is 5.88. The molecule has 0 saturated heterocycles. The van der Waals surface area contributed by atoms with Crippen LogP contribution in [-0.4, -0.2) is 24.7 Å². The molecule has 0 atom stereocenters. The van der Waals surface area contributed by atoms with Crippen LogP contribution in [-0.2, 0) is 10.9 Å². The van der Waals surface area contributed by atoms with Gasteiger partial charge in [-0.25, -0.2) is 4.98 Å². The van der Waals surface area contributed by atoms with Crippen LogP contribution >= 0.6 is 0 Å². The summed E-state index contributed by atoms with van der Waals surface area (Å²) < 4.78 is 42.7. The molecular formula is C12H18F3N3O. The summed E-state index contributed by atoms with van der Waals surface area (Å²) in [6.07, 6.45) is -1.81. The highest BCUT2D eigenvalue weighted by atomic mass is 19.4. The molecule has 0 unspecified atom stereocenters. The van der Waals surface area contributed by atoms with Gasteiger partial charge in [-0.2, -0.15) is 13.2 Å². The number of hydrogen-bond donors (Lipinski definition) is 2. The topological polar surface area (TPSA) is 60.2 Å². The van der Waals surface area contributed by atoms with Crippen LogP contribution in [0.1, 0.15) is 25.5 Å². The maximum Gasteiger partial charge on any atom is 0.433 e. The Morgan fingerprint density at radius 2 is 2.11 bits per heavy atom. The molecule has 1 heterocycles. The molecule has 4 nitrogen and oxygen atoms in total. The van der Waals surface area contributed by atoms with Crippen molar-refractivity contribution >= 4 is 11.4 Å². The second-order valence-electron chi connectivity index (χ2n) is 4.05. The zero-order valence-electron chi connectivity index (χ0n) is 10.8. The lowest BCUT2D eigenvalue weighted by molar-refractivity contribution is -0.141. The Balaban J connectivity index is 2.49. The number of nitrogens with two attached hydrogens (primary N) is 1. The van der Waals surface area contributed by atoms with E-state index in [1.54, 1.807) is 0 Å². The van der Waals surface area contributed by atoms with Crippen molar-refractivity contribution in [1.29, 1.82) is 0 Å². The van der Waals surface area contributed by atoms with E-state index in [-0.39, 0.29) is 11.4 Å². The summed E-state index contributed by atoms with van der Waals surface area (Å²) in [4.78, 5) is 3.26. The molecule has 19 heavy (non-hydrogen) atoms. The van der Waals surface area contributed by atoms with E-state index in [1.807, 2.05) is 6.92 Å². The van der Waals surface area contributed by atoms with Crippen LogP contribution in [0.15, 0.2) is 12.3 Å². The molecule has 1 rings (SSSR count). The standard InChI is InChI=1S/C12H18F3N3O/c1-2-5-19-6-3-4-17-10-7-11(12(13,14)15)18-8-9(10)16/h7-8H,2-6,16H2,1H3,(H,17,18). The predicted octanol–water partition coefficient (Wildman–Crippen LogP) is 2.91. The summed E-state index contributed by atoms with van der Waals surface area (Å²) in [5.41, 5.74) is 5.06. The fourth-order valence-electron chi connectivity index (χ4n) is 1.42. The van der Waals surface area contributed by atoms with Gasteiger partial charge in [0, 0.05) is 19.8 Å². The van der Waals surface area contributed by atoms with Crippen LogP contribution in [0.2, 0.25) is 0 Å². The molecule has 0 aliphatic carbocycles. The van der Waals surface area contributed by atoms with E-state index in [4.69, 9.17) is 10.5 Å². The number of nitrogen functional groups attached to an aromatic ring is 1. The van der Waals surface area contributed by atoms with Gasteiger partial charge in [-0.3, -0.25) is 0 Å². The molecule has 1 aromatic rings. The van der Waals surface area contributed by atoms with E-state index < -0.39 is 11.9 Å². The molecule has 0 fully saturated rings. The van der Waals surface area contributed by atoms with Crippen molar-refractivity contribution in [3.8, 4) is 0 Å². The summed E-state index contributed by atoms with van der Waals surface area (Å²) in [6, 6.07) is 0.919. The highest BCUT2D eigenvalue weighted by molar-refractivity contribution is 5.65. The van der Waals surface area contributed by atoms with E-state index in [0.29, 0.717) is 26.2 Å². The third-order valence-corrected chi connectivity index (χ3v) is 2.35. The Morgan fingerprint density at radius 1 is 1.37 bits per heavy atom. The van der Waals surface area contributed by atoms with E-state index in [2.05, 4.69) is 10.3 Å². The number of anilines is 2. The maximum atomic E-state index is 12.5. The average Bonchev–Trinajstić information content (AvgIpc) is 2.34. The van der Waals surface area contributed by atoms with E-state index in [9.17, 15) is 13.2 Å². The van der Waals surface area contributed by atoms with E-state index in [0.717, 1.165) is 18.7 Å². The van der Waals surface area contributed by atoms with Gasteiger partial charge in [0.2, 0.25) is 0 Å². The monoisotopic (exact) mass is 277 g/mol. The third kappa shape index (κ3) is 5.34. The summed E-state index contributed by atoms with van der Waals surface area (Å²) in [6.45, 7) is 3.76. The highest BCUT2D eigenvalue weighted by Gasteiger charge is 2.32. The zero-order chi connectivity index (χ0) is 14.3. The largest absolute Gasteiger partial charge is 0.433 e. The first-order valence-corrected chi connectivity index (χ1v) is 6.09. The predicted molar refractivity (Wildman–Crippen MR) is 67.9 cm³/mol. The molecule has 0 aromatic carbocycles. The van der Waals surface area contributed by atoms with Crippen molar-refractivity contribution in [3.63, 3.8) is 0 Å². The molecule has 0 spiro atoms. The highest BCUT2D eigenvalue weighted by Crippen LogP contribution is 2.30. The van der Waals surface area contributed by atoms with Crippen LogP contribution in [0.4, 0.5) is 24.5 Å². The minimum atomic E-state index is -4.46. The van der Waals surface area contributed by atoms with Gasteiger partial charge in [-0.1, -0.05) is 6.92 Å². The lowest BCUT2D eigenvalue weighted by Gasteiger charge is -2.12. The molecule has 0 saturated carbocycles. The number of halogens is 3. The SMILES string of the molecule is CCCOCCCNc1cc(C(F)(F)F)ncc1N. The summed E-state index contributed by atoms with van der Waals surface area (Å²) in [5.74, 6) is 0. The van der Waals surface area contributed by atoms with E-state index in [1.165, 1.54) is 0 Å². The number of hydrogen-bond acceptors (Lipinski definition) is 4. The first-order valence-electron chi connectivity index (χ1n) is 6.09. The van der Waals surface area contributed by atoms with Crippen LogP contribution in [0.25, 0.3) is 0 Å². The molecule has 0 aliphatic rings. The molecule has 108 valence electrons. The molecule has 0 radical (unpaired) electrons. The quantitative estimate of drug-likeness (QED) is 0.752. The van der Waals surface area contributed by atoms with Gasteiger partial charge in [0.1, 0.15) is 5.69 Å². The van der Waals surface area contributed by atoms with Crippen molar-refractivity contribution < 1.29 is 17.9 Å². The minimum absolute atomic E-state index is 0.197. The van der Waals surface area contributed by atoms with Gasteiger partial charge in [0.25, 0.3) is 0 Å². The smallest absolute Gasteiger partial charge is 0.396 e. The number of ether oxygens (including phenoxy) is 1. The van der Waals surface area contributed by atoms with Crippen molar-refractivity contribution in [2.24, 2.45) is 0 Å². The van der Waals surface area contributed by atoms with Crippen molar-refractivity contribution in [2.75, 3.05) is 30.8 Å². The summed E-state index contributed by atoms with van der Waals surface area (Å²) >= 11 is 0. The molecule has 0 bridgehead atoms. The maximum absolute atomic E-state index is 12.5. The summed E-state index contributed by atoms with van der Waals surface area (Å²) in [7, 11) is 0. The van der Waals surface area contributed by atoms with Crippen molar-refractivity contribution in [3.05, 3.63) is 18.0 Å².